The first kappa shape index (κ1) is 24.0. The minimum atomic E-state index is -0.644. The molecule has 1 aliphatic rings. The maximum absolute atomic E-state index is 13.6. The van der Waals surface area contributed by atoms with Gasteiger partial charge in [0.05, 0.1) is 5.41 Å². The van der Waals surface area contributed by atoms with E-state index in [1.54, 1.807) is 6.20 Å². The number of hydrogen-bond donors (Lipinski definition) is 1. The molecule has 3 rings (SSSR count). The summed E-state index contributed by atoms with van der Waals surface area (Å²) in [7, 11) is 0. The molecule has 1 saturated heterocycles. The highest BCUT2D eigenvalue weighted by atomic mass is 16.2. The Labute approximate surface area is 192 Å². The van der Waals surface area contributed by atoms with Crippen molar-refractivity contribution in [1.29, 1.82) is 0 Å². The first-order valence-corrected chi connectivity index (χ1v) is 11.7. The van der Waals surface area contributed by atoms with Crippen molar-refractivity contribution in [3.05, 3.63) is 54.4 Å². The third-order valence-corrected chi connectivity index (χ3v) is 6.03. The second kappa shape index (κ2) is 9.85. The zero-order valence-corrected chi connectivity index (χ0v) is 20.1. The SMILES string of the molecule is CC(C)NC(=O)[C@]1(Cc2ccccc2-c2cccnc2)CCCN(C(=O)CC(C)(C)C)C1. The van der Waals surface area contributed by atoms with Gasteiger partial charge in [-0.2, -0.15) is 0 Å². The number of aromatic nitrogens is 1. The molecule has 2 aromatic rings. The van der Waals surface area contributed by atoms with Crippen LogP contribution < -0.4 is 5.32 Å². The van der Waals surface area contributed by atoms with Gasteiger partial charge in [0.1, 0.15) is 0 Å². The van der Waals surface area contributed by atoms with Crippen molar-refractivity contribution in [2.45, 2.75) is 66.3 Å². The van der Waals surface area contributed by atoms with Crippen molar-refractivity contribution in [2.24, 2.45) is 10.8 Å². The fourth-order valence-corrected chi connectivity index (χ4v) is 4.58. The van der Waals surface area contributed by atoms with E-state index in [1.165, 1.54) is 0 Å². The predicted octanol–water partition coefficient (Wildman–Crippen LogP) is 4.86. The summed E-state index contributed by atoms with van der Waals surface area (Å²) >= 11 is 0. The molecular weight excluding hydrogens is 398 g/mol. The Kier molecular flexibility index (Phi) is 7.37. The largest absolute Gasteiger partial charge is 0.353 e. The van der Waals surface area contributed by atoms with E-state index in [0.717, 1.165) is 36.1 Å². The number of rotatable bonds is 6. The number of piperidine rings is 1. The van der Waals surface area contributed by atoms with Crippen LogP contribution in [-0.2, 0) is 16.0 Å². The molecule has 5 nitrogen and oxygen atoms in total. The summed E-state index contributed by atoms with van der Waals surface area (Å²) in [6, 6.07) is 12.3. The fourth-order valence-electron chi connectivity index (χ4n) is 4.58. The second-order valence-corrected chi connectivity index (χ2v) is 10.6. The molecule has 32 heavy (non-hydrogen) atoms. The molecule has 1 aromatic heterocycles. The van der Waals surface area contributed by atoms with Crippen LogP contribution in [0.5, 0.6) is 0 Å². The molecule has 172 valence electrons. The van der Waals surface area contributed by atoms with E-state index >= 15 is 0 Å². The van der Waals surface area contributed by atoms with Crippen molar-refractivity contribution in [2.75, 3.05) is 13.1 Å². The number of hydrogen-bond acceptors (Lipinski definition) is 3. The van der Waals surface area contributed by atoms with Crippen LogP contribution in [0.15, 0.2) is 48.8 Å². The van der Waals surface area contributed by atoms with E-state index in [9.17, 15) is 9.59 Å². The second-order valence-electron chi connectivity index (χ2n) is 10.6. The van der Waals surface area contributed by atoms with Crippen LogP contribution in [0.4, 0.5) is 0 Å². The van der Waals surface area contributed by atoms with Gasteiger partial charge < -0.3 is 10.2 Å². The molecule has 2 heterocycles. The highest BCUT2D eigenvalue weighted by molar-refractivity contribution is 5.85. The molecule has 1 N–H and O–H groups in total. The highest BCUT2D eigenvalue weighted by Gasteiger charge is 2.44. The number of pyridine rings is 1. The number of amides is 2. The summed E-state index contributed by atoms with van der Waals surface area (Å²) in [6.07, 6.45) is 6.31. The number of likely N-dealkylation sites (tertiary alicyclic amines) is 1. The lowest BCUT2D eigenvalue weighted by Gasteiger charge is -2.43. The quantitative estimate of drug-likeness (QED) is 0.705. The van der Waals surface area contributed by atoms with Crippen molar-refractivity contribution in [1.82, 2.24) is 15.2 Å². The van der Waals surface area contributed by atoms with E-state index < -0.39 is 5.41 Å². The lowest BCUT2D eigenvalue weighted by atomic mass is 9.72. The molecule has 0 spiro atoms. The van der Waals surface area contributed by atoms with Crippen molar-refractivity contribution in [3.63, 3.8) is 0 Å². The Hall–Kier alpha value is -2.69. The minimum Gasteiger partial charge on any atom is -0.353 e. The van der Waals surface area contributed by atoms with Crippen molar-refractivity contribution < 1.29 is 9.59 Å². The molecule has 1 fully saturated rings. The third-order valence-electron chi connectivity index (χ3n) is 6.03. The third kappa shape index (κ3) is 5.96. The Morgan fingerprint density at radius 1 is 1.16 bits per heavy atom. The van der Waals surface area contributed by atoms with E-state index in [2.05, 4.69) is 43.2 Å². The van der Waals surface area contributed by atoms with Gasteiger partial charge in [-0.1, -0.05) is 51.1 Å². The summed E-state index contributed by atoms with van der Waals surface area (Å²) in [4.78, 5) is 32.8. The van der Waals surface area contributed by atoms with Crippen LogP contribution in [0.2, 0.25) is 0 Å². The van der Waals surface area contributed by atoms with Gasteiger partial charge in [0, 0.05) is 43.5 Å². The number of carbonyl (C=O) groups is 2. The maximum Gasteiger partial charge on any atom is 0.228 e. The lowest BCUT2D eigenvalue weighted by Crippen LogP contribution is -2.55. The van der Waals surface area contributed by atoms with Crippen LogP contribution in [0.1, 0.15) is 59.4 Å². The topological polar surface area (TPSA) is 62.3 Å². The predicted molar refractivity (Wildman–Crippen MR) is 129 cm³/mol. The highest BCUT2D eigenvalue weighted by Crippen LogP contribution is 2.38. The first-order valence-electron chi connectivity index (χ1n) is 11.7. The molecule has 2 amide bonds. The normalized spacial score (nSPS) is 19.1. The Morgan fingerprint density at radius 2 is 1.91 bits per heavy atom. The Balaban J connectivity index is 1.96. The summed E-state index contributed by atoms with van der Waals surface area (Å²) < 4.78 is 0. The summed E-state index contributed by atoms with van der Waals surface area (Å²) in [5, 5.41) is 3.15. The van der Waals surface area contributed by atoms with Gasteiger partial charge in [0.15, 0.2) is 0 Å². The zero-order chi connectivity index (χ0) is 23.4. The Bertz CT molecular complexity index is 933. The molecule has 1 aromatic carbocycles. The monoisotopic (exact) mass is 435 g/mol. The lowest BCUT2D eigenvalue weighted by molar-refractivity contribution is -0.143. The van der Waals surface area contributed by atoms with Gasteiger partial charge in [0.25, 0.3) is 0 Å². The molecule has 0 unspecified atom stereocenters. The molecule has 0 bridgehead atoms. The maximum atomic E-state index is 13.6. The van der Waals surface area contributed by atoms with Crippen LogP contribution in [0.25, 0.3) is 11.1 Å². The van der Waals surface area contributed by atoms with Crippen LogP contribution in [-0.4, -0.2) is 40.8 Å². The van der Waals surface area contributed by atoms with Crippen LogP contribution in [0.3, 0.4) is 0 Å². The summed E-state index contributed by atoms with van der Waals surface area (Å²) in [5.74, 6) is 0.182. The average Bonchev–Trinajstić information content (AvgIpc) is 2.73. The minimum absolute atomic E-state index is 0.0433. The van der Waals surface area contributed by atoms with E-state index in [1.807, 2.05) is 49.2 Å². The number of benzene rings is 1. The number of nitrogens with one attached hydrogen (secondary N) is 1. The molecular formula is C27H37N3O2. The number of nitrogens with zero attached hydrogens (tertiary/aromatic N) is 2. The van der Waals surface area contributed by atoms with Gasteiger partial charge in [-0.25, -0.2) is 0 Å². The van der Waals surface area contributed by atoms with Gasteiger partial charge in [-0.3, -0.25) is 14.6 Å². The molecule has 5 heteroatoms. The Morgan fingerprint density at radius 3 is 2.56 bits per heavy atom. The summed E-state index contributed by atoms with van der Waals surface area (Å²) in [6.45, 7) is 11.4. The standard InChI is InChI=1S/C27H37N3O2/c1-20(2)29-25(32)27(13-9-15-30(19-27)24(31)17-26(3,4)5)16-21-10-6-7-12-23(21)22-11-8-14-28-18-22/h6-8,10-12,14,18,20H,9,13,15-17,19H2,1-5H3,(H,29,32)/t27-/m0/s1. The van der Waals surface area contributed by atoms with E-state index in [0.29, 0.717) is 19.4 Å². The van der Waals surface area contributed by atoms with Gasteiger partial charge in [0.2, 0.25) is 11.8 Å². The molecule has 0 saturated carbocycles. The van der Waals surface area contributed by atoms with Gasteiger partial charge >= 0.3 is 0 Å². The first-order chi connectivity index (χ1) is 15.1. The summed E-state index contributed by atoms with van der Waals surface area (Å²) in [5.41, 5.74) is 2.53. The fraction of sp³-hybridized carbons (Fsp3) is 0.519. The average molecular weight is 436 g/mol. The van der Waals surface area contributed by atoms with Crippen molar-refractivity contribution >= 4 is 11.8 Å². The molecule has 0 aliphatic carbocycles. The molecule has 0 radical (unpaired) electrons. The smallest absolute Gasteiger partial charge is 0.228 e. The van der Waals surface area contributed by atoms with Gasteiger partial charge in [-0.15, -0.1) is 0 Å². The molecule has 1 aliphatic heterocycles. The van der Waals surface area contributed by atoms with Crippen LogP contribution in [0, 0.1) is 10.8 Å². The van der Waals surface area contributed by atoms with E-state index in [-0.39, 0.29) is 23.3 Å². The van der Waals surface area contributed by atoms with Crippen LogP contribution >= 0.6 is 0 Å². The number of carbonyl (C=O) groups excluding carboxylic acids is 2. The molecule has 1 atom stereocenters. The van der Waals surface area contributed by atoms with Crippen molar-refractivity contribution in [3.8, 4) is 11.1 Å². The zero-order valence-electron chi connectivity index (χ0n) is 20.1. The van der Waals surface area contributed by atoms with Gasteiger partial charge in [-0.05, 0) is 55.7 Å². The van der Waals surface area contributed by atoms with E-state index in [4.69, 9.17) is 0 Å².